The Bertz CT molecular complexity index is 997. The largest absolute Gasteiger partial charge is 0.380 e. The molecular formula is C21H19F2NO2S. The topological polar surface area (TPSA) is 29.5 Å². The molecule has 1 fully saturated rings. The van der Waals surface area contributed by atoms with Gasteiger partial charge in [0.25, 0.3) is 5.91 Å². The van der Waals surface area contributed by atoms with Crippen LogP contribution in [-0.2, 0) is 17.9 Å². The van der Waals surface area contributed by atoms with Crippen LogP contribution in [0.1, 0.15) is 33.6 Å². The number of rotatable bonds is 6. The van der Waals surface area contributed by atoms with Gasteiger partial charge >= 0.3 is 0 Å². The predicted molar refractivity (Wildman–Crippen MR) is 102 cm³/mol. The van der Waals surface area contributed by atoms with Crippen molar-refractivity contribution in [2.75, 3.05) is 7.11 Å². The molecular weight excluding hydrogens is 368 g/mol. The van der Waals surface area contributed by atoms with Crippen molar-refractivity contribution >= 4 is 27.3 Å². The number of ether oxygens (including phenoxy) is 1. The van der Waals surface area contributed by atoms with Crippen molar-refractivity contribution in [1.29, 1.82) is 0 Å². The van der Waals surface area contributed by atoms with Crippen LogP contribution in [0.4, 0.5) is 8.78 Å². The third-order valence-electron chi connectivity index (χ3n) is 4.74. The Labute approximate surface area is 160 Å². The minimum absolute atomic E-state index is 0.144. The number of hydrogen-bond donors (Lipinski definition) is 0. The van der Waals surface area contributed by atoms with Crippen molar-refractivity contribution in [2.24, 2.45) is 0 Å². The van der Waals surface area contributed by atoms with Gasteiger partial charge in [0.05, 0.1) is 11.5 Å². The molecule has 3 aromatic rings. The summed E-state index contributed by atoms with van der Waals surface area (Å²) >= 11 is 1.29. The summed E-state index contributed by atoms with van der Waals surface area (Å²) in [6.07, 6.45) is 1.86. The second kappa shape index (κ2) is 7.37. The van der Waals surface area contributed by atoms with Crippen molar-refractivity contribution < 1.29 is 18.3 Å². The second-order valence-electron chi connectivity index (χ2n) is 6.75. The number of nitrogens with zero attached hydrogens (tertiary/aromatic N) is 1. The molecule has 4 rings (SSSR count). The monoisotopic (exact) mass is 387 g/mol. The molecule has 27 heavy (non-hydrogen) atoms. The SMILES string of the molecule is COCc1c(C(=O)N(Cc2cccc(F)c2)C2CC2)sc2cccc(F)c12. The summed E-state index contributed by atoms with van der Waals surface area (Å²) in [7, 11) is 1.53. The molecule has 3 nitrogen and oxygen atoms in total. The number of thiophene rings is 1. The lowest BCUT2D eigenvalue weighted by molar-refractivity contribution is 0.0730. The van der Waals surface area contributed by atoms with Crippen molar-refractivity contribution in [2.45, 2.75) is 32.0 Å². The molecule has 0 bridgehead atoms. The van der Waals surface area contributed by atoms with Crippen molar-refractivity contribution in [1.82, 2.24) is 4.90 Å². The number of hydrogen-bond acceptors (Lipinski definition) is 3. The van der Waals surface area contributed by atoms with Gasteiger partial charge in [-0.3, -0.25) is 4.79 Å². The Kier molecular flexibility index (Phi) is 4.93. The number of methoxy groups -OCH3 is 1. The molecule has 1 heterocycles. The average molecular weight is 387 g/mol. The zero-order chi connectivity index (χ0) is 19.0. The number of fused-ring (bicyclic) bond motifs is 1. The maximum absolute atomic E-state index is 14.4. The normalized spacial score (nSPS) is 13.9. The third-order valence-corrected chi connectivity index (χ3v) is 5.92. The highest BCUT2D eigenvalue weighted by Crippen LogP contribution is 2.37. The summed E-state index contributed by atoms with van der Waals surface area (Å²) in [4.78, 5) is 15.6. The van der Waals surface area contributed by atoms with Crippen LogP contribution in [0.2, 0.25) is 0 Å². The zero-order valence-corrected chi connectivity index (χ0v) is 15.7. The van der Waals surface area contributed by atoms with E-state index in [0.717, 1.165) is 23.1 Å². The van der Waals surface area contributed by atoms with Gasteiger partial charge in [-0.15, -0.1) is 11.3 Å². The molecule has 1 aromatic heterocycles. The molecule has 140 valence electrons. The molecule has 1 amide bonds. The van der Waals surface area contributed by atoms with E-state index in [4.69, 9.17) is 4.74 Å². The number of carbonyl (C=O) groups is 1. The molecule has 0 unspecified atom stereocenters. The molecule has 1 aliphatic carbocycles. The standard InChI is InChI=1S/C21H19F2NO2S/c1-26-12-16-19-17(23)6-3-7-18(19)27-20(16)21(25)24(15-8-9-15)11-13-4-2-5-14(22)10-13/h2-7,10,15H,8-9,11-12H2,1H3. The van der Waals surface area contributed by atoms with Gasteiger partial charge in [0, 0.05) is 35.3 Å². The molecule has 6 heteroatoms. The zero-order valence-electron chi connectivity index (χ0n) is 14.9. The molecule has 1 aliphatic rings. The Hall–Kier alpha value is -2.31. The lowest BCUT2D eigenvalue weighted by Crippen LogP contribution is -2.32. The van der Waals surface area contributed by atoms with E-state index in [9.17, 15) is 13.6 Å². The fraction of sp³-hybridized carbons (Fsp3) is 0.286. The van der Waals surface area contributed by atoms with E-state index >= 15 is 0 Å². The van der Waals surface area contributed by atoms with Crippen LogP contribution in [0.15, 0.2) is 42.5 Å². The first-order valence-electron chi connectivity index (χ1n) is 8.82. The Morgan fingerprint density at radius 3 is 2.70 bits per heavy atom. The summed E-state index contributed by atoms with van der Waals surface area (Å²) in [5.41, 5.74) is 1.33. The first-order valence-corrected chi connectivity index (χ1v) is 9.64. The fourth-order valence-electron chi connectivity index (χ4n) is 3.34. The quantitative estimate of drug-likeness (QED) is 0.587. The highest BCUT2D eigenvalue weighted by molar-refractivity contribution is 7.21. The van der Waals surface area contributed by atoms with E-state index in [1.165, 1.54) is 36.6 Å². The summed E-state index contributed by atoms with van der Waals surface area (Å²) in [6, 6.07) is 11.3. The van der Waals surface area contributed by atoms with Gasteiger partial charge in [-0.05, 0) is 42.7 Å². The van der Waals surface area contributed by atoms with E-state index in [1.54, 1.807) is 17.0 Å². The lowest BCUT2D eigenvalue weighted by atomic mass is 10.1. The van der Waals surface area contributed by atoms with Crippen molar-refractivity contribution in [3.8, 4) is 0 Å². The van der Waals surface area contributed by atoms with Crippen molar-refractivity contribution in [3.05, 3.63) is 70.1 Å². The lowest BCUT2D eigenvalue weighted by Gasteiger charge is -2.22. The van der Waals surface area contributed by atoms with Gasteiger partial charge in [-0.1, -0.05) is 18.2 Å². The smallest absolute Gasteiger partial charge is 0.264 e. The number of halogens is 2. The first kappa shape index (κ1) is 18.1. The van der Waals surface area contributed by atoms with Crippen LogP contribution >= 0.6 is 11.3 Å². The van der Waals surface area contributed by atoms with Crippen LogP contribution in [0.3, 0.4) is 0 Å². The average Bonchev–Trinajstić information content (AvgIpc) is 3.42. The van der Waals surface area contributed by atoms with Crippen LogP contribution in [0, 0.1) is 11.6 Å². The molecule has 0 saturated heterocycles. The van der Waals surface area contributed by atoms with Crippen LogP contribution in [-0.4, -0.2) is 24.0 Å². The van der Waals surface area contributed by atoms with Gasteiger partial charge in [-0.2, -0.15) is 0 Å². The minimum Gasteiger partial charge on any atom is -0.380 e. The highest BCUT2D eigenvalue weighted by Gasteiger charge is 2.35. The van der Waals surface area contributed by atoms with E-state index in [0.29, 0.717) is 22.4 Å². The molecule has 0 radical (unpaired) electrons. The third kappa shape index (κ3) is 3.59. The Morgan fingerprint density at radius 2 is 2.00 bits per heavy atom. The Balaban J connectivity index is 1.73. The maximum Gasteiger partial charge on any atom is 0.264 e. The van der Waals surface area contributed by atoms with E-state index in [1.807, 2.05) is 12.1 Å². The summed E-state index contributed by atoms with van der Waals surface area (Å²) in [5, 5.41) is 0.453. The van der Waals surface area contributed by atoms with Gasteiger partial charge in [0.2, 0.25) is 0 Å². The molecule has 0 spiro atoms. The molecule has 0 aliphatic heterocycles. The molecule has 0 N–H and O–H groups in total. The van der Waals surface area contributed by atoms with Gasteiger partial charge < -0.3 is 9.64 Å². The molecule has 2 aromatic carbocycles. The highest BCUT2D eigenvalue weighted by atomic mass is 32.1. The first-order chi connectivity index (χ1) is 13.1. The number of benzene rings is 2. The van der Waals surface area contributed by atoms with E-state index in [2.05, 4.69) is 0 Å². The number of amides is 1. The van der Waals surface area contributed by atoms with E-state index < -0.39 is 0 Å². The number of carbonyl (C=O) groups excluding carboxylic acids is 1. The van der Waals surface area contributed by atoms with Crippen LogP contribution < -0.4 is 0 Å². The van der Waals surface area contributed by atoms with Gasteiger partial charge in [-0.25, -0.2) is 8.78 Å². The van der Waals surface area contributed by atoms with Crippen LogP contribution in [0.25, 0.3) is 10.1 Å². The molecule has 1 saturated carbocycles. The van der Waals surface area contributed by atoms with Crippen molar-refractivity contribution in [3.63, 3.8) is 0 Å². The Morgan fingerprint density at radius 1 is 1.22 bits per heavy atom. The summed E-state index contributed by atoms with van der Waals surface area (Å²) in [6.45, 7) is 0.505. The van der Waals surface area contributed by atoms with Crippen LogP contribution in [0.5, 0.6) is 0 Å². The minimum atomic E-state index is -0.349. The second-order valence-corrected chi connectivity index (χ2v) is 7.80. The van der Waals surface area contributed by atoms with E-state index in [-0.39, 0.29) is 30.2 Å². The van der Waals surface area contributed by atoms with Gasteiger partial charge in [0.15, 0.2) is 0 Å². The fourth-order valence-corrected chi connectivity index (χ4v) is 4.52. The predicted octanol–water partition coefficient (Wildman–Crippen LogP) is 5.13. The molecule has 0 atom stereocenters. The summed E-state index contributed by atoms with van der Waals surface area (Å²) in [5.74, 6) is -0.813. The summed E-state index contributed by atoms with van der Waals surface area (Å²) < 4.78 is 33.9. The maximum atomic E-state index is 14.4. The van der Waals surface area contributed by atoms with Gasteiger partial charge in [0.1, 0.15) is 11.6 Å².